The van der Waals surface area contributed by atoms with Gasteiger partial charge in [-0.05, 0) is 43.1 Å². The van der Waals surface area contributed by atoms with Gasteiger partial charge in [0.25, 0.3) is 11.8 Å². The van der Waals surface area contributed by atoms with Crippen molar-refractivity contribution in [3.63, 3.8) is 0 Å². The Balaban J connectivity index is 1.08. The van der Waals surface area contributed by atoms with Crippen LogP contribution in [-0.4, -0.2) is 71.6 Å². The molecule has 2 N–H and O–H groups in total. The van der Waals surface area contributed by atoms with E-state index in [9.17, 15) is 26.7 Å². The Hall–Kier alpha value is -2.93. The molecular weight excluding hydrogens is 477 g/mol. The average Bonchev–Trinajstić information content (AvgIpc) is 3.33. The predicted molar refractivity (Wildman–Crippen MR) is 113 cm³/mol. The van der Waals surface area contributed by atoms with E-state index in [1.54, 1.807) is 9.58 Å². The molecule has 2 aromatic rings. The molecule has 35 heavy (non-hydrogen) atoms. The molecule has 0 bridgehead atoms. The minimum atomic E-state index is -4.46. The number of rotatable bonds is 7. The summed E-state index contributed by atoms with van der Waals surface area (Å²) in [5, 5.41) is 10.1. The zero-order valence-corrected chi connectivity index (χ0v) is 18.6. The topological polar surface area (TPSA) is 80.6 Å². The maximum atomic E-state index is 13.0. The lowest BCUT2D eigenvalue weighted by Gasteiger charge is -2.38. The molecule has 0 aliphatic carbocycles. The summed E-state index contributed by atoms with van der Waals surface area (Å²) in [6.07, 6.45) is -3.75. The number of carbonyl (C=O) groups excluding carboxylic acids is 1. The standard InChI is InChI=1S/C22H24F5N5O3/c23-21(24)10-31(11-21)12-28-4-3-16-8-32-19(35-16)7-17(30-32)20(33)29-15-6-13-5-14(22(25,26)27)1-2-18(13)34-9-15/h1-2,5,7,15-16,28H,3-4,6,8-12H2,(H,29,33)/t15-,16?/m1/s1. The highest BCUT2D eigenvalue weighted by molar-refractivity contribution is 5.92. The SMILES string of the molecule is O=C(N[C@H]1COc2ccc(C(F)(F)F)cc2C1)c1cc2n(n1)CC(CCNCN1CC(F)(F)C1)O2. The van der Waals surface area contributed by atoms with E-state index in [0.29, 0.717) is 43.4 Å². The van der Waals surface area contributed by atoms with Crippen LogP contribution < -0.4 is 20.1 Å². The van der Waals surface area contributed by atoms with Crippen molar-refractivity contribution in [1.29, 1.82) is 0 Å². The molecule has 190 valence electrons. The quantitative estimate of drug-likeness (QED) is 0.448. The first kappa shape index (κ1) is 23.8. The maximum Gasteiger partial charge on any atom is 0.416 e. The van der Waals surface area contributed by atoms with Gasteiger partial charge in [0.05, 0.1) is 31.2 Å². The van der Waals surface area contributed by atoms with Gasteiger partial charge in [-0.3, -0.25) is 9.69 Å². The average molecular weight is 501 g/mol. The van der Waals surface area contributed by atoms with E-state index in [1.165, 1.54) is 12.1 Å². The first-order valence-corrected chi connectivity index (χ1v) is 11.2. The highest BCUT2D eigenvalue weighted by atomic mass is 19.4. The number of ether oxygens (including phenoxy) is 2. The monoisotopic (exact) mass is 501 g/mol. The van der Waals surface area contributed by atoms with Gasteiger partial charge in [0, 0.05) is 12.7 Å². The Labute approximate surface area is 197 Å². The number of amides is 1. The highest BCUT2D eigenvalue weighted by Crippen LogP contribution is 2.34. The molecule has 8 nitrogen and oxygen atoms in total. The smallest absolute Gasteiger partial charge is 0.416 e. The van der Waals surface area contributed by atoms with Crippen molar-refractivity contribution in [1.82, 2.24) is 25.3 Å². The van der Waals surface area contributed by atoms with E-state index in [1.807, 2.05) is 0 Å². The molecule has 1 saturated heterocycles. The normalized spacial score (nSPS) is 23.0. The van der Waals surface area contributed by atoms with Crippen molar-refractivity contribution in [2.75, 3.05) is 32.9 Å². The fourth-order valence-electron chi connectivity index (χ4n) is 4.43. The third-order valence-electron chi connectivity index (χ3n) is 6.16. The Morgan fingerprint density at radius 1 is 1.23 bits per heavy atom. The van der Waals surface area contributed by atoms with Crippen LogP contribution in [0, 0.1) is 0 Å². The molecule has 2 atom stereocenters. The van der Waals surface area contributed by atoms with Crippen molar-refractivity contribution in [2.24, 2.45) is 0 Å². The summed E-state index contributed by atoms with van der Waals surface area (Å²) < 4.78 is 77.5. The lowest BCUT2D eigenvalue weighted by atomic mass is 10.00. The minimum absolute atomic E-state index is 0.137. The Bertz CT molecular complexity index is 1070. The van der Waals surface area contributed by atoms with Crippen LogP contribution in [0.1, 0.15) is 28.0 Å². The molecule has 0 spiro atoms. The number of hydrogen-bond acceptors (Lipinski definition) is 6. The van der Waals surface area contributed by atoms with E-state index in [2.05, 4.69) is 15.7 Å². The fraction of sp³-hybridized carbons (Fsp3) is 0.545. The Morgan fingerprint density at radius 3 is 2.74 bits per heavy atom. The van der Waals surface area contributed by atoms with Crippen LogP contribution in [0.2, 0.25) is 0 Å². The van der Waals surface area contributed by atoms with E-state index in [0.717, 1.165) is 12.1 Å². The molecule has 0 saturated carbocycles. The van der Waals surface area contributed by atoms with Gasteiger partial charge in [-0.25, -0.2) is 13.5 Å². The number of halogens is 5. The van der Waals surface area contributed by atoms with Crippen LogP contribution in [0.25, 0.3) is 0 Å². The summed E-state index contributed by atoms with van der Waals surface area (Å²) in [6.45, 7) is 1.11. The third kappa shape index (κ3) is 5.35. The molecule has 3 aliphatic heterocycles. The van der Waals surface area contributed by atoms with Gasteiger partial charge in [-0.1, -0.05) is 0 Å². The van der Waals surface area contributed by atoms with Crippen molar-refractivity contribution in [3.8, 4) is 11.6 Å². The zero-order valence-electron chi connectivity index (χ0n) is 18.6. The molecule has 13 heteroatoms. The number of aromatic nitrogens is 2. The second kappa shape index (κ2) is 8.94. The second-order valence-corrected chi connectivity index (χ2v) is 9.09. The van der Waals surface area contributed by atoms with Crippen LogP contribution in [-0.2, 0) is 19.1 Å². The molecular formula is C22H24F5N5O3. The Morgan fingerprint density at radius 2 is 2.03 bits per heavy atom. The van der Waals surface area contributed by atoms with Crippen molar-refractivity contribution in [3.05, 3.63) is 41.1 Å². The highest BCUT2D eigenvalue weighted by Gasteiger charge is 2.43. The Kier molecular flexibility index (Phi) is 6.08. The van der Waals surface area contributed by atoms with Crippen LogP contribution >= 0.6 is 0 Å². The first-order valence-electron chi connectivity index (χ1n) is 11.2. The van der Waals surface area contributed by atoms with Crippen molar-refractivity contribution < 1.29 is 36.2 Å². The van der Waals surface area contributed by atoms with E-state index < -0.39 is 29.6 Å². The number of benzene rings is 1. The van der Waals surface area contributed by atoms with Gasteiger partial charge >= 0.3 is 6.18 Å². The van der Waals surface area contributed by atoms with Gasteiger partial charge in [0.1, 0.15) is 18.5 Å². The molecule has 4 heterocycles. The number of nitrogens with zero attached hydrogens (tertiary/aromatic N) is 3. The number of alkyl halides is 5. The third-order valence-corrected chi connectivity index (χ3v) is 6.16. The molecule has 1 unspecified atom stereocenters. The summed E-state index contributed by atoms with van der Waals surface area (Å²) >= 11 is 0. The largest absolute Gasteiger partial charge is 0.491 e. The lowest BCUT2D eigenvalue weighted by Crippen LogP contribution is -2.58. The summed E-state index contributed by atoms with van der Waals surface area (Å²) in [5.74, 6) is -2.23. The zero-order chi connectivity index (χ0) is 24.8. The van der Waals surface area contributed by atoms with E-state index in [4.69, 9.17) is 9.47 Å². The van der Waals surface area contributed by atoms with Crippen LogP contribution in [0.4, 0.5) is 22.0 Å². The number of hydrogen-bond donors (Lipinski definition) is 2. The number of likely N-dealkylation sites (tertiary alicyclic amines) is 1. The van der Waals surface area contributed by atoms with Gasteiger partial charge in [-0.2, -0.15) is 18.3 Å². The van der Waals surface area contributed by atoms with E-state index >= 15 is 0 Å². The van der Waals surface area contributed by atoms with E-state index in [-0.39, 0.29) is 37.9 Å². The number of carbonyl (C=O) groups is 1. The fourth-order valence-corrected chi connectivity index (χ4v) is 4.43. The second-order valence-electron chi connectivity index (χ2n) is 9.09. The maximum absolute atomic E-state index is 13.0. The lowest BCUT2D eigenvalue weighted by molar-refractivity contribution is -0.137. The van der Waals surface area contributed by atoms with Gasteiger partial charge in [0.2, 0.25) is 5.88 Å². The van der Waals surface area contributed by atoms with Gasteiger partial charge in [0.15, 0.2) is 5.69 Å². The van der Waals surface area contributed by atoms with Gasteiger partial charge in [-0.15, -0.1) is 0 Å². The van der Waals surface area contributed by atoms with Crippen molar-refractivity contribution >= 4 is 5.91 Å². The molecule has 1 fully saturated rings. The number of nitrogens with one attached hydrogen (secondary N) is 2. The van der Waals surface area contributed by atoms with Crippen LogP contribution in [0.15, 0.2) is 24.3 Å². The van der Waals surface area contributed by atoms with Crippen LogP contribution in [0.3, 0.4) is 0 Å². The van der Waals surface area contributed by atoms with Crippen molar-refractivity contribution in [2.45, 2.75) is 43.6 Å². The summed E-state index contributed by atoms with van der Waals surface area (Å²) in [6, 6.07) is 4.33. The molecule has 1 aromatic heterocycles. The molecule has 3 aliphatic rings. The summed E-state index contributed by atoms with van der Waals surface area (Å²) in [7, 11) is 0. The summed E-state index contributed by atoms with van der Waals surface area (Å²) in [4.78, 5) is 14.3. The van der Waals surface area contributed by atoms with Crippen LogP contribution in [0.5, 0.6) is 11.6 Å². The molecule has 1 aromatic carbocycles. The minimum Gasteiger partial charge on any atom is -0.491 e. The molecule has 1 amide bonds. The predicted octanol–water partition coefficient (Wildman–Crippen LogP) is 2.28. The summed E-state index contributed by atoms with van der Waals surface area (Å²) in [5.41, 5.74) is -0.238. The first-order chi connectivity index (χ1) is 16.6. The van der Waals surface area contributed by atoms with Gasteiger partial charge < -0.3 is 20.1 Å². The molecule has 5 rings (SSSR count). The number of fused-ring (bicyclic) bond motifs is 2. The molecule has 0 radical (unpaired) electrons.